The van der Waals surface area contributed by atoms with Crippen LogP contribution in [0.2, 0.25) is 0 Å². The number of esters is 1. The molecule has 0 N–H and O–H groups in total. The molecule has 0 bridgehead atoms. The van der Waals surface area contributed by atoms with Crippen molar-refractivity contribution in [2.24, 2.45) is 0 Å². The predicted molar refractivity (Wildman–Crippen MR) is 108 cm³/mol. The second-order valence-electron chi connectivity index (χ2n) is 6.60. The first-order valence-electron chi connectivity index (χ1n) is 8.91. The molecular formula is C22H19NO4S. The summed E-state index contributed by atoms with van der Waals surface area (Å²) in [6.07, 6.45) is 0. The van der Waals surface area contributed by atoms with Gasteiger partial charge in [-0.25, -0.2) is 4.79 Å². The smallest absolute Gasteiger partial charge is 0.374 e. The number of para-hydroxylation sites is 1. The number of Topliss-reactive ketones (excluding diaryl/α,β-unsaturated/α-hetero) is 1. The number of furan rings is 1. The zero-order valence-electron chi connectivity index (χ0n) is 15.6. The molecule has 1 aromatic carbocycles. The SMILES string of the molecule is Cc1cc(C(=O)COC(=O)c2cc3ccccc3o2)c(C)n1Cc1cccs1. The molecule has 0 unspecified atom stereocenters. The van der Waals surface area contributed by atoms with E-state index >= 15 is 0 Å². The maximum absolute atomic E-state index is 12.6. The maximum Gasteiger partial charge on any atom is 0.374 e. The molecule has 3 aromatic heterocycles. The number of aryl methyl sites for hydroxylation is 1. The van der Waals surface area contributed by atoms with Crippen molar-refractivity contribution in [2.75, 3.05) is 6.61 Å². The summed E-state index contributed by atoms with van der Waals surface area (Å²) in [5.74, 6) is -0.774. The van der Waals surface area contributed by atoms with Gasteiger partial charge in [0.25, 0.3) is 0 Å². The van der Waals surface area contributed by atoms with Crippen LogP contribution in [0.25, 0.3) is 11.0 Å². The molecule has 0 spiro atoms. The quantitative estimate of drug-likeness (QED) is 0.342. The average Bonchev–Trinajstić information content (AvgIpc) is 3.41. The number of carbonyl (C=O) groups is 2. The molecule has 0 saturated carbocycles. The molecule has 0 fully saturated rings. The Kier molecular flexibility index (Phi) is 4.88. The number of rotatable bonds is 6. The largest absolute Gasteiger partial charge is 0.451 e. The predicted octanol–water partition coefficient (Wildman–Crippen LogP) is 5.00. The van der Waals surface area contributed by atoms with Crippen molar-refractivity contribution in [3.05, 3.63) is 81.5 Å². The molecule has 6 heteroatoms. The Labute approximate surface area is 166 Å². The van der Waals surface area contributed by atoms with Gasteiger partial charge in [0.05, 0.1) is 6.54 Å². The van der Waals surface area contributed by atoms with E-state index in [1.54, 1.807) is 23.5 Å². The Morgan fingerprint density at radius 3 is 2.68 bits per heavy atom. The molecule has 4 aromatic rings. The van der Waals surface area contributed by atoms with E-state index in [9.17, 15) is 9.59 Å². The number of ether oxygens (including phenoxy) is 1. The molecule has 0 aliphatic carbocycles. The molecule has 142 valence electrons. The van der Waals surface area contributed by atoms with Gasteiger partial charge in [0.15, 0.2) is 6.61 Å². The number of aromatic nitrogens is 1. The highest BCUT2D eigenvalue weighted by atomic mass is 32.1. The molecule has 28 heavy (non-hydrogen) atoms. The van der Waals surface area contributed by atoms with Gasteiger partial charge < -0.3 is 13.7 Å². The van der Waals surface area contributed by atoms with E-state index in [-0.39, 0.29) is 18.2 Å². The molecule has 0 aliphatic heterocycles. The zero-order chi connectivity index (χ0) is 19.7. The van der Waals surface area contributed by atoms with Crippen LogP contribution >= 0.6 is 11.3 Å². The summed E-state index contributed by atoms with van der Waals surface area (Å²) in [6, 6.07) is 14.9. The van der Waals surface area contributed by atoms with Gasteiger partial charge in [-0.3, -0.25) is 4.79 Å². The van der Waals surface area contributed by atoms with Crippen molar-refractivity contribution in [3.8, 4) is 0 Å². The monoisotopic (exact) mass is 393 g/mol. The fourth-order valence-corrected chi connectivity index (χ4v) is 3.94. The topological polar surface area (TPSA) is 61.4 Å². The van der Waals surface area contributed by atoms with E-state index in [1.807, 2.05) is 49.6 Å². The number of carbonyl (C=O) groups excluding carboxylic acids is 2. The van der Waals surface area contributed by atoms with E-state index in [0.29, 0.717) is 11.1 Å². The molecule has 0 amide bonds. The van der Waals surface area contributed by atoms with E-state index in [2.05, 4.69) is 10.6 Å². The summed E-state index contributed by atoms with van der Waals surface area (Å²) in [5, 5.41) is 2.85. The van der Waals surface area contributed by atoms with Crippen molar-refractivity contribution in [1.82, 2.24) is 4.57 Å². The van der Waals surface area contributed by atoms with Crippen molar-refractivity contribution < 1.29 is 18.7 Å². The Bertz CT molecular complexity index is 1120. The first-order valence-corrected chi connectivity index (χ1v) is 9.79. The normalized spacial score (nSPS) is 11.1. The van der Waals surface area contributed by atoms with Crippen LogP contribution in [0.5, 0.6) is 0 Å². The lowest BCUT2D eigenvalue weighted by Crippen LogP contribution is -2.14. The van der Waals surface area contributed by atoms with Gasteiger partial charge in [-0.1, -0.05) is 24.3 Å². The van der Waals surface area contributed by atoms with Crippen LogP contribution in [0, 0.1) is 13.8 Å². The van der Waals surface area contributed by atoms with Gasteiger partial charge in [-0.2, -0.15) is 0 Å². The van der Waals surface area contributed by atoms with Crippen LogP contribution < -0.4 is 0 Å². The number of hydrogen-bond donors (Lipinski definition) is 0. The van der Waals surface area contributed by atoms with E-state index in [4.69, 9.17) is 9.15 Å². The summed E-state index contributed by atoms with van der Waals surface area (Å²) in [4.78, 5) is 26.1. The first kappa shape index (κ1) is 18.3. The third kappa shape index (κ3) is 3.51. The van der Waals surface area contributed by atoms with E-state index in [0.717, 1.165) is 23.3 Å². The minimum absolute atomic E-state index is 0.0946. The number of hydrogen-bond acceptors (Lipinski definition) is 5. The molecule has 5 nitrogen and oxygen atoms in total. The molecule has 0 saturated heterocycles. The Balaban J connectivity index is 1.45. The molecular weight excluding hydrogens is 374 g/mol. The van der Waals surface area contributed by atoms with Crippen LogP contribution in [-0.2, 0) is 11.3 Å². The molecule has 0 radical (unpaired) electrons. The lowest BCUT2D eigenvalue weighted by molar-refractivity contribution is 0.0446. The lowest BCUT2D eigenvalue weighted by Gasteiger charge is -2.08. The zero-order valence-corrected chi connectivity index (χ0v) is 16.4. The minimum Gasteiger partial charge on any atom is -0.451 e. The van der Waals surface area contributed by atoms with Crippen LogP contribution in [0.3, 0.4) is 0 Å². The van der Waals surface area contributed by atoms with Gasteiger partial charge in [0.2, 0.25) is 11.5 Å². The van der Waals surface area contributed by atoms with Crippen molar-refractivity contribution in [1.29, 1.82) is 0 Å². The van der Waals surface area contributed by atoms with E-state index in [1.165, 1.54) is 4.88 Å². The summed E-state index contributed by atoms with van der Waals surface area (Å²) in [5.41, 5.74) is 3.05. The van der Waals surface area contributed by atoms with Gasteiger partial charge in [0, 0.05) is 27.2 Å². The highest BCUT2D eigenvalue weighted by molar-refractivity contribution is 7.09. The van der Waals surface area contributed by atoms with Gasteiger partial charge >= 0.3 is 5.97 Å². The third-order valence-corrected chi connectivity index (χ3v) is 5.59. The number of benzene rings is 1. The Hall–Kier alpha value is -3.12. The van der Waals surface area contributed by atoms with Gasteiger partial charge in [-0.05, 0) is 43.5 Å². The van der Waals surface area contributed by atoms with Crippen LogP contribution in [0.1, 0.15) is 37.2 Å². The fourth-order valence-electron chi connectivity index (χ4n) is 3.25. The standard InChI is InChI=1S/C22H19NO4S/c1-14-10-18(15(2)23(14)12-17-7-5-9-28-17)19(24)13-26-22(25)21-11-16-6-3-4-8-20(16)27-21/h3-11H,12-13H2,1-2H3. The molecule has 4 rings (SSSR count). The van der Waals surface area contributed by atoms with E-state index < -0.39 is 5.97 Å². The number of fused-ring (bicyclic) bond motifs is 1. The van der Waals surface area contributed by atoms with Crippen molar-refractivity contribution >= 4 is 34.1 Å². The fraction of sp³-hybridized carbons (Fsp3) is 0.182. The van der Waals surface area contributed by atoms with Gasteiger partial charge in [-0.15, -0.1) is 11.3 Å². The maximum atomic E-state index is 12.6. The van der Waals surface area contributed by atoms with Crippen LogP contribution in [-0.4, -0.2) is 22.9 Å². The Morgan fingerprint density at radius 2 is 1.93 bits per heavy atom. The average molecular weight is 393 g/mol. The highest BCUT2D eigenvalue weighted by Crippen LogP contribution is 2.21. The summed E-state index contributed by atoms with van der Waals surface area (Å²) >= 11 is 1.68. The Morgan fingerprint density at radius 1 is 1.11 bits per heavy atom. The number of ketones is 1. The van der Waals surface area contributed by atoms with Crippen molar-refractivity contribution in [3.63, 3.8) is 0 Å². The molecule has 0 aliphatic rings. The summed E-state index contributed by atoms with van der Waals surface area (Å²) < 4.78 is 12.8. The third-order valence-electron chi connectivity index (χ3n) is 4.73. The summed E-state index contributed by atoms with van der Waals surface area (Å²) in [6.45, 7) is 4.28. The second kappa shape index (κ2) is 7.48. The van der Waals surface area contributed by atoms with Crippen LogP contribution in [0.15, 0.2) is 58.3 Å². The first-order chi connectivity index (χ1) is 13.5. The highest BCUT2D eigenvalue weighted by Gasteiger charge is 2.19. The number of nitrogens with zero attached hydrogens (tertiary/aromatic N) is 1. The minimum atomic E-state index is -0.642. The second-order valence-corrected chi connectivity index (χ2v) is 7.63. The van der Waals surface area contributed by atoms with Gasteiger partial charge in [0.1, 0.15) is 5.58 Å². The van der Waals surface area contributed by atoms with Crippen molar-refractivity contribution in [2.45, 2.75) is 20.4 Å². The lowest BCUT2D eigenvalue weighted by atomic mass is 10.1. The molecule has 0 atom stereocenters. The molecule has 3 heterocycles. The van der Waals surface area contributed by atoms with Crippen LogP contribution in [0.4, 0.5) is 0 Å². The number of thiophene rings is 1. The summed E-state index contributed by atoms with van der Waals surface area (Å²) in [7, 11) is 0.